The number of morpholine rings is 1. The van der Waals surface area contributed by atoms with Crippen LogP contribution >= 0.6 is 11.8 Å². The first-order valence-corrected chi connectivity index (χ1v) is 8.83. The number of ether oxygens (including phenoxy) is 1. The van der Waals surface area contributed by atoms with Gasteiger partial charge >= 0.3 is 0 Å². The zero-order valence-corrected chi connectivity index (χ0v) is 13.9. The van der Waals surface area contributed by atoms with Crippen molar-refractivity contribution >= 4 is 17.7 Å². The largest absolute Gasteiger partial charge is 0.379 e. The summed E-state index contributed by atoms with van der Waals surface area (Å²) in [4.78, 5) is 17.3. The molecule has 2 heterocycles. The highest BCUT2D eigenvalue weighted by atomic mass is 32.2. The third kappa shape index (κ3) is 4.37. The maximum absolute atomic E-state index is 12.7. The summed E-state index contributed by atoms with van der Waals surface area (Å²) in [5, 5.41) is 0. The van der Waals surface area contributed by atoms with Crippen LogP contribution in [-0.2, 0) is 9.53 Å². The van der Waals surface area contributed by atoms with Crippen LogP contribution in [-0.4, -0.2) is 72.6 Å². The van der Waals surface area contributed by atoms with Crippen molar-refractivity contribution in [2.45, 2.75) is 33.2 Å². The average molecular weight is 300 g/mol. The Kier molecular flexibility index (Phi) is 5.75. The molecule has 1 atom stereocenters. The SMILES string of the molecule is CC(C)(C)C(=O)N1CCCSCC1CN1CCOCC1. The van der Waals surface area contributed by atoms with Crippen molar-refractivity contribution in [2.75, 3.05) is 50.9 Å². The molecule has 0 radical (unpaired) electrons. The van der Waals surface area contributed by atoms with Crippen LogP contribution in [0.3, 0.4) is 0 Å². The second-order valence-corrected chi connectivity index (χ2v) is 7.89. The average Bonchev–Trinajstić information content (AvgIpc) is 2.63. The molecule has 2 saturated heterocycles. The van der Waals surface area contributed by atoms with Crippen molar-refractivity contribution in [3.05, 3.63) is 0 Å². The molecule has 2 rings (SSSR count). The first kappa shape index (κ1) is 16.1. The highest BCUT2D eigenvalue weighted by Gasteiger charge is 2.33. The monoisotopic (exact) mass is 300 g/mol. The van der Waals surface area contributed by atoms with E-state index in [1.807, 2.05) is 32.5 Å². The second kappa shape index (κ2) is 7.14. The number of hydrogen-bond donors (Lipinski definition) is 0. The Balaban J connectivity index is 2.02. The molecule has 2 fully saturated rings. The van der Waals surface area contributed by atoms with Crippen LogP contribution in [0.25, 0.3) is 0 Å². The predicted molar refractivity (Wildman–Crippen MR) is 84.2 cm³/mol. The highest BCUT2D eigenvalue weighted by Crippen LogP contribution is 2.24. The van der Waals surface area contributed by atoms with Crippen molar-refractivity contribution in [3.63, 3.8) is 0 Å². The fourth-order valence-electron chi connectivity index (χ4n) is 2.76. The Labute approximate surface area is 127 Å². The Hall–Kier alpha value is -0.260. The molecular weight excluding hydrogens is 272 g/mol. The maximum atomic E-state index is 12.7. The lowest BCUT2D eigenvalue weighted by molar-refractivity contribution is -0.142. The van der Waals surface area contributed by atoms with E-state index in [-0.39, 0.29) is 5.41 Å². The zero-order chi connectivity index (χ0) is 14.6. The van der Waals surface area contributed by atoms with E-state index >= 15 is 0 Å². The molecule has 0 aromatic carbocycles. The Morgan fingerprint density at radius 3 is 2.60 bits per heavy atom. The lowest BCUT2D eigenvalue weighted by Crippen LogP contribution is -2.52. The van der Waals surface area contributed by atoms with Gasteiger partial charge in [0.25, 0.3) is 0 Å². The molecule has 2 aliphatic heterocycles. The first-order valence-electron chi connectivity index (χ1n) is 7.67. The quantitative estimate of drug-likeness (QED) is 0.777. The van der Waals surface area contributed by atoms with Crippen LogP contribution < -0.4 is 0 Å². The molecule has 2 aliphatic rings. The molecule has 0 N–H and O–H groups in total. The summed E-state index contributed by atoms with van der Waals surface area (Å²) in [6, 6.07) is 0.354. The molecule has 0 saturated carbocycles. The standard InChI is InChI=1S/C15H28N2O2S/c1-15(2,3)14(18)17-5-4-10-20-12-13(17)11-16-6-8-19-9-7-16/h13H,4-12H2,1-3H3. The molecule has 4 nitrogen and oxygen atoms in total. The Morgan fingerprint density at radius 1 is 1.25 bits per heavy atom. The van der Waals surface area contributed by atoms with E-state index in [1.165, 1.54) is 5.75 Å². The molecule has 20 heavy (non-hydrogen) atoms. The summed E-state index contributed by atoms with van der Waals surface area (Å²) in [6.07, 6.45) is 1.12. The zero-order valence-electron chi connectivity index (χ0n) is 13.1. The summed E-state index contributed by atoms with van der Waals surface area (Å²) >= 11 is 1.99. The van der Waals surface area contributed by atoms with Gasteiger partial charge in [-0.05, 0) is 12.2 Å². The molecule has 0 aromatic heterocycles. The number of carbonyl (C=O) groups is 1. The van der Waals surface area contributed by atoms with Crippen molar-refractivity contribution in [1.29, 1.82) is 0 Å². The Morgan fingerprint density at radius 2 is 1.95 bits per heavy atom. The summed E-state index contributed by atoms with van der Waals surface area (Å²) in [7, 11) is 0. The van der Waals surface area contributed by atoms with E-state index < -0.39 is 0 Å². The van der Waals surface area contributed by atoms with Gasteiger partial charge in [-0.25, -0.2) is 0 Å². The minimum atomic E-state index is -0.279. The molecular formula is C15H28N2O2S. The van der Waals surface area contributed by atoms with Crippen molar-refractivity contribution < 1.29 is 9.53 Å². The number of carbonyl (C=O) groups excluding carboxylic acids is 1. The number of rotatable bonds is 2. The van der Waals surface area contributed by atoms with Crippen molar-refractivity contribution in [3.8, 4) is 0 Å². The third-order valence-electron chi connectivity index (χ3n) is 3.91. The van der Waals surface area contributed by atoms with Gasteiger partial charge in [-0.15, -0.1) is 0 Å². The van der Waals surface area contributed by atoms with E-state index in [0.717, 1.165) is 51.6 Å². The lowest BCUT2D eigenvalue weighted by atomic mass is 9.93. The summed E-state index contributed by atoms with van der Waals surface area (Å²) in [5.41, 5.74) is -0.279. The van der Waals surface area contributed by atoms with Crippen molar-refractivity contribution in [2.24, 2.45) is 5.41 Å². The minimum Gasteiger partial charge on any atom is -0.379 e. The van der Waals surface area contributed by atoms with Crippen LogP contribution in [0.2, 0.25) is 0 Å². The van der Waals surface area contributed by atoms with Crippen molar-refractivity contribution in [1.82, 2.24) is 9.80 Å². The first-order chi connectivity index (χ1) is 9.48. The molecule has 0 aliphatic carbocycles. The van der Waals surface area contributed by atoms with Gasteiger partial charge in [-0.2, -0.15) is 11.8 Å². The summed E-state index contributed by atoms with van der Waals surface area (Å²) in [6.45, 7) is 11.6. The molecule has 116 valence electrons. The van der Waals surface area contributed by atoms with E-state index in [4.69, 9.17) is 4.74 Å². The van der Waals surface area contributed by atoms with E-state index in [2.05, 4.69) is 9.80 Å². The van der Waals surface area contributed by atoms with Gasteiger partial charge in [0, 0.05) is 37.3 Å². The third-order valence-corrected chi connectivity index (χ3v) is 5.11. The van der Waals surface area contributed by atoms with E-state index in [0.29, 0.717) is 11.9 Å². The lowest BCUT2D eigenvalue weighted by Gasteiger charge is -2.38. The topological polar surface area (TPSA) is 32.8 Å². The van der Waals surface area contributed by atoms with Crippen LogP contribution in [0.5, 0.6) is 0 Å². The van der Waals surface area contributed by atoms with Crippen LogP contribution in [0.1, 0.15) is 27.2 Å². The fourth-order valence-corrected chi connectivity index (χ4v) is 3.82. The van der Waals surface area contributed by atoms with E-state index in [1.54, 1.807) is 0 Å². The fraction of sp³-hybridized carbons (Fsp3) is 0.933. The van der Waals surface area contributed by atoms with Gasteiger partial charge in [-0.1, -0.05) is 20.8 Å². The van der Waals surface area contributed by atoms with Crippen LogP contribution in [0.4, 0.5) is 0 Å². The van der Waals surface area contributed by atoms with E-state index in [9.17, 15) is 4.79 Å². The van der Waals surface area contributed by atoms with Gasteiger partial charge in [0.1, 0.15) is 0 Å². The number of thioether (sulfide) groups is 1. The summed E-state index contributed by atoms with van der Waals surface area (Å²) in [5.74, 6) is 2.55. The predicted octanol–water partition coefficient (Wildman–Crippen LogP) is 1.70. The van der Waals surface area contributed by atoms with Gasteiger partial charge < -0.3 is 9.64 Å². The van der Waals surface area contributed by atoms with Crippen LogP contribution in [0.15, 0.2) is 0 Å². The highest BCUT2D eigenvalue weighted by molar-refractivity contribution is 7.99. The molecule has 1 unspecified atom stereocenters. The molecule has 5 heteroatoms. The maximum Gasteiger partial charge on any atom is 0.228 e. The number of nitrogens with zero attached hydrogens (tertiary/aromatic N) is 2. The molecule has 1 amide bonds. The van der Waals surface area contributed by atoms with Gasteiger partial charge in [-0.3, -0.25) is 9.69 Å². The second-order valence-electron chi connectivity index (χ2n) is 6.74. The molecule has 0 bridgehead atoms. The van der Waals surface area contributed by atoms with Gasteiger partial charge in [0.2, 0.25) is 5.91 Å². The summed E-state index contributed by atoms with van der Waals surface area (Å²) < 4.78 is 5.41. The van der Waals surface area contributed by atoms with Gasteiger partial charge in [0.05, 0.1) is 19.3 Å². The number of amides is 1. The molecule has 0 spiro atoms. The van der Waals surface area contributed by atoms with Gasteiger partial charge in [0.15, 0.2) is 0 Å². The normalized spacial score (nSPS) is 26.4. The van der Waals surface area contributed by atoms with Crippen LogP contribution in [0, 0.1) is 5.41 Å². The molecule has 0 aromatic rings. The number of hydrogen-bond acceptors (Lipinski definition) is 4. The smallest absolute Gasteiger partial charge is 0.228 e. The minimum absolute atomic E-state index is 0.279. The Bertz CT molecular complexity index is 324.